The van der Waals surface area contributed by atoms with Crippen molar-refractivity contribution in [2.24, 2.45) is 0 Å². The van der Waals surface area contributed by atoms with Crippen LogP contribution in [0.15, 0.2) is 72.8 Å². The van der Waals surface area contributed by atoms with Crippen LogP contribution in [-0.4, -0.2) is 5.91 Å². The minimum absolute atomic E-state index is 0.154. The normalized spacial score (nSPS) is 10.3. The first-order chi connectivity index (χ1) is 12.1. The van der Waals surface area contributed by atoms with Crippen molar-refractivity contribution in [2.45, 2.75) is 6.61 Å². The molecule has 0 radical (unpaired) electrons. The highest BCUT2D eigenvalue weighted by atomic mass is 127. The third-order valence-electron chi connectivity index (χ3n) is 3.57. The number of hydrogen-bond acceptors (Lipinski definition) is 2. The van der Waals surface area contributed by atoms with Crippen molar-refractivity contribution in [3.8, 4) is 5.75 Å². The van der Waals surface area contributed by atoms with Gasteiger partial charge in [-0.3, -0.25) is 4.79 Å². The molecular formula is C20H15ClINO2. The third-order valence-corrected chi connectivity index (χ3v) is 4.66. The third kappa shape index (κ3) is 4.96. The average molecular weight is 464 g/mol. The lowest BCUT2D eigenvalue weighted by Gasteiger charge is -2.09. The van der Waals surface area contributed by atoms with Crippen molar-refractivity contribution >= 4 is 45.8 Å². The van der Waals surface area contributed by atoms with Crippen molar-refractivity contribution in [1.29, 1.82) is 0 Å². The quantitative estimate of drug-likeness (QED) is 0.487. The van der Waals surface area contributed by atoms with E-state index >= 15 is 0 Å². The predicted molar refractivity (Wildman–Crippen MR) is 109 cm³/mol. The van der Waals surface area contributed by atoms with Crippen LogP contribution in [0, 0.1) is 3.57 Å². The number of anilines is 1. The molecule has 0 heterocycles. The number of halogens is 2. The molecule has 3 nitrogen and oxygen atoms in total. The lowest BCUT2D eigenvalue weighted by molar-refractivity contribution is 0.102. The molecule has 0 aliphatic rings. The van der Waals surface area contributed by atoms with Gasteiger partial charge in [-0.2, -0.15) is 0 Å². The topological polar surface area (TPSA) is 38.3 Å². The van der Waals surface area contributed by atoms with Gasteiger partial charge in [0, 0.05) is 25.4 Å². The van der Waals surface area contributed by atoms with Gasteiger partial charge in [-0.1, -0.05) is 29.8 Å². The van der Waals surface area contributed by atoms with Crippen LogP contribution >= 0.6 is 34.2 Å². The zero-order chi connectivity index (χ0) is 17.6. The Hall–Kier alpha value is -2.05. The number of ether oxygens (including phenoxy) is 1. The van der Waals surface area contributed by atoms with E-state index in [0.717, 1.165) is 14.8 Å². The number of nitrogens with one attached hydrogen (secondary N) is 1. The van der Waals surface area contributed by atoms with Gasteiger partial charge < -0.3 is 10.1 Å². The van der Waals surface area contributed by atoms with Crippen LogP contribution in [0.3, 0.4) is 0 Å². The van der Waals surface area contributed by atoms with E-state index in [-0.39, 0.29) is 5.91 Å². The van der Waals surface area contributed by atoms with E-state index < -0.39 is 0 Å². The Bertz CT molecular complexity index is 864. The fourth-order valence-corrected chi connectivity index (χ4v) is 2.77. The van der Waals surface area contributed by atoms with Crippen molar-refractivity contribution in [2.75, 3.05) is 5.32 Å². The summed E-state index contributed by atoms with van der Waals surface area (Å²) in [4.78, 5) is 12.3. The summed E-state index contributed by atoms with van der Waals surface area (Å²) in [6, 6.07) is 22.2. The number of carbonyl (C=O) groups is 1. The molecule has 0 saturated heterocycles. The van der Waals surface area contributed by atoms with Crippen molar-refractivity contribution in [3.05, 3.63) is 92.5 Å². The van der Waals surface area contributed by atoms with Crippen LogP contribution < -0.4 is 10.1 Å². The Morgan fingerprint density at radius 1 is 0.960 bits per heavy atom. The van der Waals surface area contributed by atoms with Gasteiger partial charge in [-0.25, -0.2) is 0 Å². The van der Waals surface area contributed by atoms with Gasteiger partial charge in [0.15, 0.2) is 0 Å². The van der Waals surface area contributed by atoms with E-state index in [0.29, 0.717) is 22.9 Å². The number of carbonyl (C=O) groups excluding carboxylic acids is 1. The lowest BCUT2D eigenvalue weighted by Crippen LogP contribution is -2.11. The van der Waals surface area contributed by atoms with Gasteiger partial charge in [-0.15, -0.1) is 0 Å². The first kappa shape index (κ1) is 17.8. The number of hydrogen-bond donors (Lipinski definition) is 1. The summed E-state index contributed by atoms with van der Waals surface area (Å²) < 4.78 is 6.84. The molecule has 0 atom stereocenters. The second-order valence-corrected chi connectivity index (χ2v) is 7.02. The van der Waals surface area contributed by atoms with E-state index in [1.165, 1.54) is 0 Å². The van der Waals surface area contributed by atoms with E-state index in [4.69, 9.17) is 16.3 Å². The molecule has 0 bridgehead atoms. The Morgan fingerprint density at radius 2 is 1.64 bits per heavy atom. The van der Waals surface area contributed by atoms with Crippen molar-refractivity contribution in [1.82, 2.24) is 0 Å². The fourth-order valence-electron chi connectivity index (χ4n) is 2.22. The van der Waals surface area contributed by atoms with Gasteiger partial charge in [-0.05, 0) is 77.2 Å². The summed E-state index contributed by atoms with van der Waals surface area (Å²) >= 11 is 8.33. The van der Waals surface area contributed by atoms with Crippen LogP contribution in [0.4, 0.5) is 5.69 Å². The molecule has 3 aromatic rings. The summed E-state index contributed by atoms with van der Waals surface area (Å²) in [5.41, 5.74) is 2.26. The molecule has 0 saturated carbocycles. The Kier molecular flexibility index (Phi) is 5.94. The maximum Gasteiger partial charge on any atom is 0.255 e. The Labute approximate surface area is 165 Å². The molecule has 3 aromatic carbocycles. The van der Waals surface area contributed by atoms with Gasteiger partial charge in [0.1, 0.15) is 12.4 Å². The maximum atomic E-state index is 12.3. The summed E-state index contributed by atoms with van der Waals surface area (Å²) in [6.45, 7) is 0.383. The van der Waals surface area contributed by atoms with Gasteiger partial charge in [0.2, 0.25) is 0 Å². The molecule has 126 valence electrons. The molecule has 3 rings (SSSR count). The number of amides is 1. The zero-order valence-corrected chi connectivity index (χ0v) is 16.1. The summed E-state index contributed by atoms with van der Waals surface area (Å²) in [6.07, 6.45) is 0. The van der Waals surface area contributed by atoms with Gasteiger partial charge in [0.05, 0.1) is 0 Å². The average Bonchev–Trinajstić information content (AvgIpc) is 2.63. The van der Waals surface area contributed by atoms with Crippen LogP contribution in [0.25, 0.3) is 0 Å². The predicted octanol–water partition coefficient (Wildman–Crippen LogP) is 5.78. The SMILES string of the molecule is O=C(Nc1ccc(I)cc1)c1ccc(OCc2ccccc2Cl)cc1. The molecular weight excluding hydrogens is 449 g/mol. The largest absolute Gasteiger partial charge is 0.489 e. The molecule has 0 spiro atoms. The van der Waals surface area contributed by atoms with Crippen LogP contribution in [0.2, 0.25) is 5.02 Å². The minimum atomic E-state index is -0.154. The molecule has 1 amide bonds. The highest BCUT2D eigenvalue weighted by molar-refractivity contribution is 14.1. The molecule has 0 fully saturated rings. The molecule has 5 heteroatoms. The Balaban J connectivity index is 1.60. The summed E-state index contributed by atoms with van der Waals surface area (Å²) in [5.74, 6) is 0.532. The molecule has 0 aliphatic heterocycles. The van der Waals surface area contributed by atoms with Crippen molar-refractivity contribution in [3.63, 3.8) is 0 Å². The van der Waals surface area contributed by atoms with E-state index in [1.54, 1.807) is 24.3 Å². The molecule has 0 aromatic heterocycles. The fraction of sp³-hybridized carbons (Fsp3) is 0.0500. The molecule has 0 unspecified atom stereocenters. The molecule has 25 heavy (non-hydrogen) atoms. The summed E-state index contributed by atoms with van der Waals surface area (Å²) in [5, 5.41) is 3.55. The monoisotopic (exact) mass is 463 g/mol. The summed E-state index contributed by atoms with van der Waals surface area (Å²) in [7, 11) is 0. The highest BCUT2D eigenvalue weighted by Crippen LogP contribution is 2.19. The second-order valence-electron chi connectivity index (χ2n) is 5.37. The van der Waals surface area contributed by atoms with Gasteiger partial charge >= 0.3 is 0 Å². The molecule has 0 aliphatic carbocycles. The minimum Gasteiger partial charge on any atom is -0.489 e. The zero-order valence-electron chi connectivity index (χ0n) is 13.2. The Morgan fingerprint density at radius 3 is 2.32 bits per heavy atom. The first-order valence-electron chi connectivity index (χ1n) is 7.65. The lowest BCUT2D eigenvalue weighted by atomic mass is 10.2. The van der Waals surface area contributed by atoms with Gasteiger partial charge in [0.25, 0.3) is 5.91 Å². The van der Waals surface area contributed by atoms with E-state index in [1.807, 2.05) is 48.5 Å². The highest BCUT2D eigenvalue weighted by Gasteiger charge is 2.07. The van der Waals surface area contributed by atoms with Crippen LogP contribution in [-0.2, 0) is 6.61 Å². The number of benzene rings is 3. The van der Waals surface area contributed by atoms with Crippen LogP contribution in [0.5, 0.6) is 5.75 Å². The van der Waals surface area contributed by atoms with E-state index in [2.05, 4.69) is 27.9 Å². The standard InChI is InChI=1S/C20H15ClINO2/c21-19-4-2-1-3-15(19)13-25-18-11-5-14(6-12-18)20(24)23-17-9-7-16(22)8-10-17/h1-12H,13H2,(H,23,24). The first-order valence-corrected chi connectivity index (χ1v) is 9.11. The smallest absolute Gasteiger partial charge is 0.255 e. The second kappa shape index (κ2) is 8.36. The van der Waals surface area contributed by atoms with Crippen LogP contribution in [0.1, 0.15) is 15.9 Å². The number of rotatable bonds is 5. The van der Waals surface area contributed by atoms with Crippen molar-refractivity contribution < 1.29 is 9.53 Å². The van der Waals surface area contributed by atoms with E-state index in [9.17, 15) is 4.79 Å². The maximum absolute atomic E-state index is 12.3. The molecule has 1 N–H and O–H groups in total.